The fraction of sp³-hybridized carbons (Fsp3) is 0.929. The topological polar surface area (TPSA) is 62.6 Å². The van der Waals surface area contributed by atoms with Crippen molar-refractivity contribution in [2.75, 3.05) is 46.6 Å². The van der Waals surface area contributed by atoms with E-state index < -0.39 is 0 Å². The van der Waals surface area contributed by atoms with Gasteiger partial charge >= 0.3 is 0 Å². The Morgan fingerprint density at radius 3 is 2.61 bits per heavy atom. The minimum Gasteiger partial charge on any atom is -0.384 e. The van der Waals surface area contributed by atoms with E-state index >= 15 is 0 Å². The number of carbonyl (C=O) groups excluding carboxylic acids is 1. The molecule has 1 unspecified atom stereocenters. The van der Waals surface area contributed by atoms with E-state index in [4.69, 9.17) is 14.9 Å². The van der Waals surface area contributed by atoms with Gasteiger partial charge < -0.3 is 14.9 Å². The molecule has 1 aliphatic heterocycles. The molecule has 3 saturated carbocycles. The van der Waals surface area contributed by atoms with Crippen LogP contribution in [0.25, 0.3) is 0 Å². The number of ether oxygens (including phenoxy) is 2. The molecule has 0 amide bonds. The summed E-state index contributed by atoms with van der Waals surface area (Å²) in [5.41, 5.74) is 1.28. The number of hydrogen-bond acceptors (Lipinski definition) is 5. The molecule has 4 aliphatic rings. The second-order valence-electron chi connectivity index (χ2n) is 12.7. The highest BCUT2D eigenvalue weighted by atomic mass is 16.5. The largest absolute Gasteiger partial charge is 0.384 e. The summed E-state index contributed by atoms with van der Waals surface area (Å²) in [7, 11) is 1.84. The molecule has 188 valence electrons. The first-order valence-electron chi connectivity index (χ1n) is 13.6. The van der Waals surface area contributed by atoms with Crippen LogP contribution in [0, 0.1) is 45.8 Å². The van der Waals surface area contributed by atoms with Crippen molar-refractivity contribution in [2.45, 2.75) is 78.6 Å². The lowest BCUT2D eigenvalue weighted by molar-refractivity contribution is -0.129. The highest BCUT2D eigenvalue weighted by molar-refractivity contribution is 5.89. The van der Waals surface area contributed by atoms with Crippen LogP contribution in [0.1, 0.15) is 78.6 Å². The van der Waals surface area contributed by atoms with Gasteiger partial charge in [-0.3, -0.25) is 9.69 Å². The standard InChI is InChI=1S/C28H48N2O3/c1-27(2)11-5-6-22-21(8-7-20(16-27)19-32-4)23-9-10-24(28(23,3)17-25(22)29)26(31)18-30-12-14-33-15-13-30/h20-24,29H,5-19H2,1-4H3/t20-,21+,22?,23-,24+,28-/m0/s1. The molecule has 5 heteroatoms. The van der Waals surface area contributed by atoms with Crippen molar-refractivity contribution in [3.05, 3.63) is 0 Å². The summed E-state index contributed by atoms with van der Waals surface area (Å²) in [5, 5.41) is 9.14. The predicted molar refractivity (Wildman–Crippen MR) is 133 cm³/mol. The normalized spacial score (nSPS) is 40.1. The highest BCUT2D eigenvalue weighted by Crippen LogP contribution is 2.60. The van der Waals surface area contributed by atoms with E-state index in [-0.39, 0.29) is 11.3 Å². The Labute approximate surface area is 201 Å². The molecule has 4 rings (SSSR count). The quantitative estimate of drug-likeness (QED) is 0.611. The SMILES string of the molecule is COC[C@H]1CC[C@@H]2C(CCCC(C)(C)C1)C(=N)C[C@]1(C)[C@@H](C(=O)CN3CCOCC3)CC[C@@H]21. The number of methoxy groups -OCH3 is 1. The second kappa shape index (κ2) is 10.5. The van der Waals surface area contributed by atoms with Crippen LogP contribution in [-0.4, -0.2) is 63.0 Å². The van der Waals surface area contributed by atoms with E-state index in [0.29, 0.717) is 41.4 Å². The zero-order valence-electron chi connectivity index (χ0n) is 21.7. The molecule has 1 N–H and O–H groups in total. The van der Waals surface area contributed by atoms with Crippen molar-refractivity contribution in [2.24, 2.45) is 40.4 Å². The summed E-state index contributed by atoms with van der Waals surface area (Å²) < 4.78 is 11.1. The first-order chi connectivity index (χ1) is 15.7. The van der Waals surface area contributed by atoms with Crippen molar-refractivity contribution >= 4 is 11.5 Å². The molecule has 0 bridgehead atoms. The molecule has 1 saturated heterocycles. The van der Waals surface area contributed by atoms with Crippen LogP contribution in [0.2, 0.25) is 0 Å². The molecule has 0 aromatic heterocycles. The Morgan fingerprint density at radius 2 is 1.88 bits per heavy atom. The van der Waals surface area contributed by atoms with Gasteiger partial charge in [-0.2, -0.15) is 0 Å². The first-order valence-corrected chi connectivity index (χ1v) is 13.6. The summed E-state index contributed by atoms with van der Waals surface area (Å²) in [6, 6.07) is 0. The summed E-state index contributed by atoms with van der Waals surface area (Å²) in [5.74, 6) is 2.73. The monoisotopic (exact) mass is 460 g/mol. The van der Waals surface area contributed by atoms with Gasteiger partial charge in [-0.1, -0.05) is 27.2 Å². The maximum Gasteiger partial charge on any atom is 0.150 e. The maximum absolute atomic E-state index is 13.5. The number of nitrogens with zero attached hydrogens (tertiary/aromatic N) is 1. The third kappa shape index (κ3) is 5.56. The summed E-state index contributed by atoms with van der Waals surface area (Å²) >= 11 is 0. The molecule has 5 nitrogen and oxygen atoms in total. The molecule has 0 aromatic carbocycles. The smallest absolute Gasteiger partial charge is 0.150 e. The van der Waals surface area contributed by atoms with Crippen LogP contribution in [0.5, 0.6) is 0 Å². The van der Waals surface area contributed by atoms with Gasteiger partial charge in [0, 0.05) is 38.4 Å². The van der Waals surface area contributed by atoms with Crippen molar-refractivity contribution in [3.8, 4) is 0 Å². The minimum atomic E-state index is -0.0260. The highest BCUT2D eigenvalue weighted by Gasteiger charge is 2.57. The number of carbonyl (C=O) groups is 1. The van der Waals surface area contributed by atoms with Crippen molar-refractivity contribution < 1.29 is 14.3 Å². The molecule has 1 heterocycles. The van der Waals surface area contributed by atoms with Gasteiger partial charge in [0.2, 0.25) is 0 Å². The number of rotatable bonds is 5. The number of nitrogens with one attached hydrogen (secondary N) is 1. The van der Waals surface area contributed by atoms with Gasteiger partial charge in [-0.05, 0) is 85.9 Å². The van der Waals surface area contributed by atoms with Gasteiger partial charge in [0.1, 0.15) is 5.78 Å². The number of morpholine rings is 1. The summed E-state index contributed by atoms with van der Waals surface area (Å²) in [6.45, 7) is 11.8. The third-order valence-electron chi connectivity index (χ3n) is 9.85. The van der Waals surface area contributed by atoms with E-state index in [1.807, 2.05) is 7.11 Å². The van der Waals surface area contributed by atoms with Gasteiger partial charge in [0.05, 0.1) is 19.8 Å². The average Bonchev–Trinajstić information content (AvgIpc) is 3.10. The molecule has 0 aromatic rings. The van der Waals surface area contributed by atoms with Crippen LogP contribution < -0.4 is 0 Å². The fourth-order valence-corrected chi connectivity index (χ4v) is 8.30. The van der Waals surface area contributed by atoms with E-state index in [0.717, 1.165) is 51.5 Å². The Bertz CT molecular complexity index is 701. The number of hydrogen-bond donors (Lipinski definition) is 1. The fourth-order valence-electron chi connectivity index (χ4n) is 8.30. The van der Waals surface area contributed by atoms with Crippen LogP contribution in [0.3, 0.4) is 0 Å². The molecular weight excluding hydrogens is 412 g/mol. The van der Waals surface area contributed by atoms with E-state index in [9.17, 15) is 4.79 Å². The lowest BCUT2D eigenvalue weighted by Gasteiger charge is -2.50. The van der Waals surface area contributed by atoms with Crippen molar-refractivity contribution in [1.29, 1.82) is 5.41 Å². The minimum absolute atomic E-state index is 0.0260. The number of Topliss-reactive ketones (excluding diaryl/α,β-unsaturated/α-hetero) is 1. The van der Waals surface area contributed by atoms with E-state index in [2.05, 4.69) is 25.7 Å². The summed E-state index contributed by atoms with van der Waals surface area (Å²) in [6.07, 6.45) is 10.3. The van der Waals surface area contributed by atoms with Gasteiger partial charge in [-0.15, -0.1) is 0 Å². The summed E-state index contributed by atoms with van der Waals surface area (Å²) in [4.78, 5) is 15.8. The predicted octanol–water partition coefficient (Wildman–Crippen LogP) is 5.22. The molecule has 0 spiro atoms. The van der Waals surface area contributed by atoms with Crippen molar-refractivity contribution in [3.63, 3.8) is 0 Å². The lowest BCUT2D eigenvalue weighted by Crippen LogP contribution is -2.49. The van der Waals surface area contributed by atoms with E-state index in [1.165, 1.54) is 44.9 Å². The Morgan fingerprint density at radius 1 is 1.12 bits per heavy atom. The Kier molecular flexibility index (Phi) is 8.02. The van der Waals surface area contributed by atoms with Gasteiger partial charge in [0.25, 0.3) is 0 Å². The number of ketones is 1. The van der Waals surface area contributed by atoms with Gasteiger partial charge in [0.15, 0.2) is 0 Å². The molecule has 3 aliphatic carbocycles. The van der Waals surface area contributed by atoms with Crippen molar-refractivity contribution in [1.82, 2.24) is 4.90 Å². The van der Waals surface area contributed by atoms with Crippen LogP contribution >= 0.6 is 0 Å². The molecule has 33 heavy (non-hydrogen) atoms. The van der Waals surface area contributed by atoms with Crippen LogP contribution in [0.15, 0.2) is 0 Å². The molecule has 6 atom stereocenters. The number of fused-ring (bicyclic) bond motifs is 3. The molecule has 4 fully saturated rings. The zero-order chi connectivity index (χ0) is 23.6. The Balaban J connectivity index is 1.51. The molecular formula is C28H48N2O3. The molecule has 0 radical (unpaired) electrons. The average molecular weight is 461 g/mol. The zero-order valence-corrected chi connectivity index (χ0v) is 21.7. The third-order valence-corrected chi connectivity index (χ3v) is 9.85. The lowest BCUT2D eigenvalue weighted by atomic mass is 9.54. The Hall–Kier alpha value is -0.780. The second-order valence-corrected chi connectivity index (χ2v) is 12.7. The first kappa shape index (κ1) is 25.3. The van der Waals surface area contributed by atoms with Crippen LogP contribution in [-0.2, 0) is 14.3 Å². The van der Waals surface area contributed by atoms with Gasteiger partial charge in [-0.25, -0.2) is 0 Å². The van der Waals surface area contributed by atoms with E-state index in [1.54, 1.807) is 0 Å². The maximum atomic E-state index is 13.5. The van der Waals surface area contributed by atoms with Crippen LogP contribution in [0.4, 0.5) is 0 Å².